The van der Waals surface area contributed by atoms with Gasteiger partial charge in [-0.15, -0.1) is 0 Å². The zero-order valence-electron chi connectivity index (χ0n) is 18.4. The second-order valence-corrected chi connectivity index (χ2v) is 11.5. The summed E-state index contributed by atoms with van der Waals surface area (Å²) in [7, 11) is 1.31. The van der Waals surface area contributed by atoms with E-state index in [1.165, 1.54) is 52.1 Å². The van der Waals surface area contributed by atoms with Crippen LogP contribution in [0.1, 0.15) is 91.9 Å². The number of methoxy groups -OCH3 is 1. The Hall–Kier alpha value is -1.06. The van der Waals surface area contributed by atoms with Gasteiger partial charge in [0.2, 0.25) is 0 Å². The average molecular weight is 391 g/mol. The summed E-state index contributed by atoms with van der Waals surface area (Å²) >= 11 is 0. The van der Waals surface area contributed by atoms with Gasteiger partial charge in [0.1, 0.15) is 12.5 Å². The third-order valence-electron chi connectivity index (χ3n) is 9.88. The first-order chi connectivity index (χ1) is 13.1. The molecule has 1 spiro atoms. The molecule has 4 rings (SSSR count). The van der Waals surface area contributed by atoms with Gasteiger partial charge in [-0.25, -0.2) is 0 Å². The summed E-state index contributed by atoms with van der Waals surface area (Å²) in [5.74, 6) is 0.528. The maximum Gasteiger partial charge on any atom is 0.317 e. The highest BCUT2D eigenvalue weighted by Gasteiger charge is 2.69. The van der Waals surface area contributed by atoms with Gasteiger partial charge in [0.15, 0.2) is 0 Å². The maximum absolute atomic E-state index is 12.3. The van der Waals surface area contributed by atoms with Gasteiger partial charge in [-0.05, 0) is 79.4 Å². The predicted molar refractivity (Wildman–Crippen MR) is 107 cm³/mol. The third kappa shape index (κ3) is 2.76. The molecule has 0 aliphatic heterocycles. The van der Waals surface area contributed by atoms with E-state index in [1.807, 2.05) is 0 Å². The van der Waals surface area contributed by atoms with Crippen LogP contribution in [0.15, 0.2) is 0 Å². The van der Waals surface area contributed by atoms with E-state index < -0.39 is 11.9 Å². The molecule has 0 N–H and O–H groups in total. The van der Waals surface area contributed by atoms with Crippen molar-refractivity contribution in [2.24, 2.45) is 33.5 Å². The summed E-state index contributed by atoms with van der Waals surface area (Å²) in [6.45, 7) is 9.94. The van der Waals surface area contributed by atoms with Gasteiger partial charge in [0.25, 0.3) is 0 Å². The minimum atomic E-state index is -0.510. The van der Waals surface area contributed by atoms with Crippen LogP contribution >= 0.6 is 0 Å². The standard InChI is InChI=1S/C24H38O4/c1-21(2)9-6-10-23(4)17(21)8-7-16-13-18(28-20(26)14-19(25)27-5)22(3)11-12-24(16,23)15-22/h16-18H,6-15H2,1-5H3/t16-,17-,18+,22+,23-,24-/m0/s1. The first-order valence-corrected chi connectivity index (χ1v) is 11.3. The van der Waals surface area contributed by atoms with Gasteiger partial charge < -0.3 is 9.47 Å². The molecule has 4 nitrogen and oxygen atoms in total. The van der Waals surface area contributed by atoms with Crippen LogP contribution in [0.25, 0.3) is 0 Å². The molecule has 0 aromatic rings. The number of hydrogen-bond donors (Lipinski definition) is 0. The lowest BCUT2D eigenvalue weighted by atomic mass is 9.38. The summed E-state index contributed by atoms with van der Waals surface area (Å²) < 4.78 is 10.5. The fraction of sp³-hybridized carbons (Fsp3) is 0.917. The molecule has 0 aromatic carbocycles. The van der Waals surface area contributed by atoms with Gasteiger partial charge in [0, 0.05) is 5.41 Å². The summed E-state index contributed by atoms with van der Waals surface area (Å²) in [5, 5.41) is 0. The molecule has 4 saturated carbocycles. The lowest BCUT2D eigenvalue weighted by Gasteiger charge is -2.67. The van der Waals surface area contributed by atoms with Crippen molar-refractivity contribution in [2.75, 3.05) is 7.11 Å². The smallest absolute Gasteiger partial charge is 0.317 e. The van der Waals surface area contributed by atoms with Crippen LogP contribution < -0.4 is 0 Å². The molecule has 4 aliphatic rings. The first-order valence-electron chi connectivity index (χ1n) is 11.3. The number of rotatable bonds is 3. The highest BCUT2D eigenvalue weighted by Crippen LogP contribution is 2.76. The van der Waals surface area contributed by atoms with Gasteiger partial charge in [-0.1, -0.05) is 34.1 Å². The van der Waals surface area contributed by atoms with E-state index in [0.717, 1.165) is 18.8 Å². The number of ether oxygens (including phenoxy) is 2. The molecular weight excluding hydrogens is 352 g/mol. The second kappa shape index (κ2) is 6.47. The number of hydrogen-bond acceptors (Lipinski definition) is 4. The number of carbonyl (C=O) groups is 2. The van der Waals surface area contributed by atoms with Crippen LogP contribution in [0, 0.1) is 33.5 Å². The van der Waals surface area contributed by atoms with Gasteiger partial charge >= 0.3 is 11.9 Å². The fourth-order valence-corrected chi connectivity index (χ4v) is 8.52. The van der Waals surface area contributed by atoms with Crippen molar-refractivity contribution in [2.45, 2.75) is 98.0 Å². The number of esters is 2. The molecule has 0 radical (unpaired) electrons. The second-order valence-electron chi connectivity index (χ2n) is 11.5. The summed E-state index contributed by atoms with van der Waals surface area (Å²) in [6, 6.07) is 0. The molecule has 4 heteroatoms. The first kappa shape index (κ1) is 20.2. The van der Waals surface area contributed by atoms with Crippen molar-refractivity contribution in [1.29, 1.82) is 0 Å². The molecular formula is C24H38O4. The zero-order valence-corrected chi connectivity index (χ0v) is 18.4. The average Bonchev–Trinajstić information content (AvgIpc) is 2.92. The van der Waals surface area contributed by atoms with Gasteiger partial charge in [0.05, 0.1) is 7.11 Å². The minimum absolute atomic E-state index is 0.0504. The van der Waals surface area contributed by atoms with Crippen molar-refractivity contribution in [1.82, 2.24) is 0 Å². The Kier molecular flexibility index (Phi) is 4.67. The zero-order chi connectivity index (χ0) is 20.4. The van der Waals surface area contributed by atoms with E-state index >= 15 is 0 Å². The molecule has 6 atom stereocenters. The summed E-state index contributed by atoms with van der Waals surface area (Å²) in [6.07, 6.45) is 10.9. The molecule has 158 valence electrons. The van der Waals surface area contributed by atoms with Crippen molar-refractivity contribution < 1.29 is 19.1 Å². The third-order valence-corrected chi connectivity index (χ3v) is 9.88. The topological polar surface area (TPSA) is 52.6 Å². The Morgan fingerprint density at radius 1 is 0.964 bits per heavy atom. The van der Waals surface area contributed by atoms with Crippen LogP contribution in [0.3, 0.4) is 0 Å². The van der Waals surface area contributed by atoms with Gasteiger partial charge in [-0.2, -0.15) is 0 Å². The number of carbonyl (C=O) groups excluding carboxylic acids is 2. The molecule has 0 heterocycles. The van der Waals surface area contributed by atoms with Gasteiger partial charge in [-0.3, -0.25) is 9.59 Å². The van der Waals surface area contributed by atoms with Crippen LogP contribution in [0.2, 0.25) is 0 Å². The molecule has 0 aromatic heterocycles. The largest absolute Gasteiger partial charge is 0.469 e. The van der Waals surface area contributed by atoms with E-state index in [9.17, 15) is 9.59 Å². The highest BCUT2D eigenvalue weighted by atomic mass is 16.6. The Bertz CT molecular complexity index is 670. The molecule has 28 heavy (non-hydrogen) atoms. The molecule has 4 aliphatic carbocycles. The Morgan fingerprint density at radius 2 is 1.71 bits per heavy atom. The SMILES string of the molecule is COC(=O)CC(=O)O[C@@H]1C[C@@H]2CC[C@H]3C(C)(C)CCC[C@]3(C)[C@]23CC[C@]1(C)C3. The lowest BCUT2D eigenvalue weighted by Crippen LogP contribution is -2.60. The summed E-state index contributed by atoms with van der Waals surface area (Å²) in [5.41, 5.74) is 1.31. The van der Waals surface area contributed by atoms with Crippen molar-refractivity contribution in [3.8, 4) is 0 Å². The van der Waals surface area contributed by atoms with E-state index in [-0.39, 0.29) is 17.9 Å². The predicted octanol–water partition coefficient (Wildman–Crippen LogP) is 5.28. The Labute approximate surface area is 170 Å². The van der Waals surface area contributed by atoms with Crippen LogP contribution in [-0.2, 0) is 19.1 Å². The molecule has 0 unspecified atom stereocenters. The highest BCUT2D eigenvalue weighted by molar-refractivity contribution is 5.91. The van der Waals surface area contributed by atoms with E-state index in [1.54, 1.807) is 0 Å². The van der Waals surface area contributed by atoms with E-state index in [0.29, 0.717) is 22.2 Å². The van der Waals surface area contributed by atoms with Crippen LogP contribution in [0.5, 0.6) is 0 Å². The van der Waals surface area contributed by atoms with Crippen molar-refractivity contribution in [3.63, 3.8) is 0 Å². The molecule has 4 fully saturated rings. The minimum Gasteiger partial charge on any atom is -0.469 e. The van der Waals surface area contributed by atoms with Crippen molar-refractivity contribution in [3.05, 3.63) is 0 Å². The Morgan fingerprint density at radius 3 is 2.43 bits per heavy atom. The quantitative estimate of drug-likeness (QED) is 0.486. The van der Waals surface area contributed by atoms with Crippen LogP contribution in [0.4, 0.5) is 0 Å². The number of fused-ring (bicyclic) bond motifs is 2. The maximum atomic E-state index is 12.3. The van der Waals surface area contributed by atoms with Crippen LogP contribution in [-0.4, -0.2) is 25.2 Å². The van der Waals surface area contributed by atoms with E-state index in [2.05, 4.69) is 32.4 Å². The van der Waals surface area contributed by atoms with Crippen molar-refractivity contribution >= 4 is 11.9 Å². The molecule has 0 amide bonds. The summed E-state index contributed by atoms with van der Waals surface area (Å²) in [4.78, 5) is 23.8. The lowest BCUT2D eigenvalue weighted by molar-refractivity contribution is -0.199. The normalized spacial score (nSPS) is 46.2. The molecule has 0 saturated heterocycles. The molecule has 2 bridgehead atoms. The fourth-order valence-electron chi connectivity index (χ4n) is 8.52. The van der Waals surface area contributed by atoms with E-state index in [4.69, 9.17) is 4.74 Å². The Balaban J connectivity index is 1.59. The monoisotopic (exact) mass is 390 g/mol.